The molecule has 4 nitrogen and oxygen atoms in total. The van der Waals surface area contributed by atoms with Crippen molar-refractivity contribution in [2.75, 3.05) is 0 Å². The van der Waals surface area contributed by atoms with E-state index in [0.717, 1.165) is 53.0 Å². The highest BCUT2D eigenvalue weighted by Gasteiger charge is 2.10. The van der Waals surface area contributed by atoms with Crippen molar-refractivity contribution in [1.29, 1.82) is 0 Å². The van der Waals surface area contributed by atoms with Gasteiger partial charge in [-0.25, -0.2) is 15.0 Å². The predicted molar refractivity (Wildman–Crippen MR) is 87.6 cm³/mol. The number of hydrogen-bond acceptors (Lipinski definition) is 4. The second-order valence-corrected chi connectivity index (χ2v) is 5.97. The fourth-order valence-electron chi connectivity index (χ4n) is 2.56. The lowest BCUT2D eigenvalue weighted by molar-refractivity contribution is 0.572. The highest BCUT2D eigenvalue weighted by Crippen LogP contribution is 2.25. The normalized spacial score (nSPS) is 11.5. The molecule has 0 N–H and O–H groups in total. The maximum Gasteiger partial charge on any atom is 0.181 e. The van der Waals surface area contributed by atoms with Crippen molar-refractivity contribution in [3.05, 3.63) is 42.3 Å². The second kappa shape index (κ2) is 6.26. The second-order valence-electron chi connectivity index (χ2n) is 5.97. The summed E-state index contributed by atoms with van der Waals surface area (Å²) >= 11 is 0. The third-order valence-electron chi connectivity index (χ3n) is 3.82. The third kappa shape index (κ3) is 3.01. The summed E-state index contributed by atoms with van der Waals surface area (Å²) in [6.07, 6.45) is 6.12. The van der Waals surface area contributed by atoms with Crippen LogP contribution in [0.1, 0.15) is 38.7 Å². The van der Waals surface area contributed by atoms with E-state index in [1.807, 2.05) is 12.1 Å². The van der Waals surface area contributed by atoms with E-state index >= 15 is 0 Å². The smallest absolute Gasteiger partial charge is 0.181 e. The van der Waals surface area contributed by atoms with Crippen LogP contribution < -0.4 is 0 Å². The Morgan fingerprint density at radius 2 is 2.05 bits per heavy atom. The standard InChI is InChI=1S/C18H21N3O/c1-4-15-14-9-13(17-10-19-11-22-17)6-7-16(14)21-18(20-15)8-5-12(2)3/h6-7,9-12H,4-5,8H2,1-3H3. The molecule has 4 heteroatoms. The van der Waals surface area contributed by atoms with E-state index < -0.39 is 0 Å². The monoisotopic (exact) mass is 295 g/mol. The van der Waals surface area contributed by atoms with Gasteiger partial charge in [0.1, 0.15) is 5.82 Å². The molecule has 0 amide bonds. The Bertz CT molecular complexity index is 763. The van der Waals surface area contributed by atoms with Crippen molar-refractivity contribution in [2.24, 2.45) is 5.92 Å². The van der Waals surface area contributed by atoms with E-state index in [1.165, 1.54) is 6.39 Å². The quantitative estimate of drug-likeness (QED) is 0.698. The zero-order chi connectivity index (χ0) is 15.5. The summed E-state index contributed by atoms with van der Waals surface area (Å²) in [6, 6.07) is 6.18. The van der Waals surface area contributed by atoms with Gasteiger partial charge in [0, 0.05) is 17.4 Å². The lowest BCUT2D eigenvalue weighted by Gasteiger charge is -2.09. The first kappa shape index (κ1) is 14.7. The summed E-state index contributed by atoms with van der Waals surface area (Å²) in [6.45, 7) is 6.59. The molecule has 2 aromatic heterocycles. The molecule has 0 saturated carbocycles. The summed E-state index contributed by atoms with van der Waals surface area (Å²) in [5.41, 5.74) is 3.12. The van der Waals surface area contributed by atoms with Crippen LogP contribution >= 0.6 is 0 Å². The molecule has 0 spiro atoms. The van der Waals surface area contributed by atoms with Crippen molar-refractivity contribution in [1.82, 2.24) is 15.0 Å². The average molecular weight is 295 g/mol. The predicted octanol–water partition coefficient (Wildman–Crippen LogP) is 4.44. The van der Waals surface area contributed by atoms with Gasteiger partial charge >= 0.3 is 0 Å². The molecule has 3 aromatic rings. The molecule has 114 valence electrons. The fraction of sp³-hybridized carbons (Fsp3) is 0.389. The molecule has 1 aromatic carbocycles. The minimum Gasteiger partial charge on any atom is -0.444 e. The van der Waals surface area contributed by atoms with E-state index in [-0.39, 0.29) is 0 Å². The van der Waals surface area contributed by atoms with Crippen LogP contribution in [0.5, 0.6) is 0 Å². The zero-order valence-corrected chi connectivity index (χ0v) is 13.3. The molecule has 3 rings (SSSR count). The van der Waals surface area contributed by atoms with Gasteiger partial charge in [-0.15, -0.1) is 0 Å². The van der Waals surface area contributed by atoms with Crippen molar-refractivity contribution >= 4 is 10.9 Å². The van der Waals surface area contributed by atoms with Gasteiger partial charge in [0.15, 0.2) is 12.2 Å². The molecule has 0 bridgehead atoms. The molecule has 2 heterocycles. The summed E-state index contributed by atoms with van der Waals surface area (Å²) < 4.78 is 5.38. The van der Waals surface area contributed by atoms with E-state index in [4.69, 9.17) is 14.4 Å². The Kier molecular flexibility index (Phi) is 4.18. The van der Waals surface area contributed by atoms with E-state index in [1.54, 1.807) is 6.20 Å². The average Bonchev–Trinajstić information content (AvgIpc) is 3.06. The summed E-state index contributed by atoms with van der Waals surface area (Å²) in [7, 11) is 0. The van der Waals surface area contributed by atoms with Crippen molar-refractivity contribution < 1.29 is 4.42 Å². The third-order valence-corrected chi connectivity index (χ3v) is 3.82. The number of rotatable bonds is 5. The Morgan fingerprint density at radius 1 is 1.18 bits per heavy atom. The topological polar surface area (TPSA) is 51.8 Å². The van der Waals surface area contributed by atoms with Crippen molar-refractivity contribution in [2.45, 2.75) is 40.0 Å². The van der Waals surface area contributed by atoms with Crippen LogP contribution in [0.15, 0.2) is 35.2 Å². The van der Waals surface area contributed by atoms with E-state index in [0.29, 0.717) is 5.92 Å². The molecular formula is C18H21N3O. The number of aromatic nitrogens is 3. The Morgan fingerprint density at radius 3 is 2.73 bits per heavy atom. The largest absolute Gasteiger partial charge is 0.444 e. The summed E-state index contributed by atoms with van der Waals surface area (Å²) in [4.78, 5) is 13.5. The molecule has 0 saturated heterocycles. The lowest BCUT2D eigenvalue weighted by Crippen LogP contribution is -2.02. The number of aryl methyl sites for hydroxylation is 2. The first-order valence-electron chi connectivity index (χ1n) is 7.85. The highest BCUT2D eigenvalue weighted by atomic mass is 16.3. The molecule has 0 radical (unpaired) electrons. The first-order valence-corrected chi connectivity index (χ1v) is 7.85. The molecule has 0 aliphatic rings. The number of fused-ring (bicyclic) bond motifs is 1. The molecule has 22 heavy (non-hydrogen) atoms. The molecular weight excluding hydrogens is 274 g/mol. The minimum atomic E-state index is 0.665. The number of benzene rings is 1. The van der Waals surface area contributed by atoms with Crippen LogP contribution in [0.2, 0.25) is 0 Å². The van der Waals surface area contributed by atoms with Crippen molar-refractivity contribution in [3.8, 4) is 11.3 Å². The molecule has 0 unspecified atom stereocenters. The molecule has 0 atom stereocenters. The SMILES string of the molecule is CCc1nc(CCC(C)C)nc2ccc(-c3cnco3)cc12. The van der Waals surface area contributed by atoms with Gasteiger partial charge in [0.2, 0.25) is 0 Å². The van der Waals surface area contributed by atoms with Crippen LogP contribution in [0.25, 0.3) is 22.2 Å². The number of nitrogens with zero attached hydrogens (tertiary/aromatic N) is 3. The molecule has 0 fully saturated rings. The molecule has 0 aliphatic carbocycles. The van der Waals surface area contributed by atoms with Gasteiger partial charge in [-0.1, -0.05) is 20.8 Å². The minimum absolute atomic E-state index is 0.665. The van der Waals surface area contributed by atoms with Crippen molar-refractivity contribution in [3.63, 3.8) is 0 Å². The Labute approximate surface area is 130 Å². The van der Waals surface area contributed by atoms with Crippen LogP contribution in [0.3, 0.4) is 0 Å². The van der Waals surface area contributed by atoms with Gasteiger partial charge in [0.25, 0.3) is 0 Å². The van der Waals surface area contributed by atoms with Crippen LogP contribution in [0.4, 0.5) is 0 Å². The lowest BCUT2D eigenvalue weighted by atomic mass is 10.1. The Balaban J connectivity index is 2.03. The number of hydrogen-bond donors (Lipinski definition) is 0. The Hall–Kier alpha value is -2.23. The first-order chi connectivity index (χ1) is 10.7. The highest BCUT2D eigenvalue weighted by molar-refractivity contribution is 5.85. The van der Waals surface area contributed by atoms with Gasteiger partial charge in [-0.05, 0) is 37.0 Å². The van der Waals surface area contributed by atoms with Gasteiger partial charge in [-0.2, -0.15) is 0 Å². The maximum absolute atomic E-state index is 5.38. The van der Waals surface area contributed by atoms with Crippen LogP contribution in [-0.2, 0) is 12.8 Å². The van der Waals surface area contributed by atoms with Gasteiger partial charge in [0.05, 0.1) is 17.4 Å². The summed E-state index contributed by atoms with van der Waals surface area (Å²) in [5, 5.41) is 1.10. The zero-order valence-electron chi connectivity index (χ0n) is 13.3. The summed E-state index contributed by atoms with van der Waals surface area (Å²) in [5.74, 6) is 2.39. The number of oxazole rings is 1. The van der Waals surface area contributed by atoms with Gasteiger partial charge < -0.3 is 4.42 Å². The van der Waals surface area contributed by atoms with Gasteiger partial charge in [-0.3, -0.25) is 0 Å². The molecule has 0 aliphatic heterocycles. The van der Waals surface area contributed by atoms with Crippen LogP contribution in [0, 0.1) is 5.92 Å². The van der Waals surface area contributed by atoms with E-state index in [2.05, 4.69) is 31.8 Å². The fourth-order valence-corrected chi connectivity index (χ4v) is 2.56. The van der Waals surface area contributed by atoms with Crippen LogP contribution in [-0.4, -0.2) is 15.0 Å². The maximum atomic E-state index is 5.38. The van der Waals surface area contributed by atoms with E-state index in [9.17, 15) is 0 Å².